The molecule has 0 radical (unpaired) electrons. The largest absolute Gasteiger partial charge is 0.478 e. The van der Waals surface area contributed by atoms with Crippen LogP contribution in [-0.4, -0.2) is 11.1 Å². The van der Waals surface area contributed by atoms with Crippen molar-refractivity contribution in [3.05, 3.63) is 39.8 Å². The van der Waals surface area contributed by atoms with E-state index in [0.29, 0.717) is 6.07 Å². The van der Waals surface area contributed by atoms with Crippen molar-refractivity contribution < 1.29 is 23.1 Å². The molecule has 0 saturated heterocycles. The molecule has 0 saturated carbocycles. The normalized spacial score (nSPS) is 10.7. The lowest BCUT2D eigenvalue weighted by Crippen LogP contribution is -2.07. The van der Waals surface area contributed by atoms with Crippen LogP contribution >= 0.6 is 0 Å². The standard InChI is InChI=1S/C8H4F3N3O2/c9-8(10,11)5-3-4(7(15)16)1-2-6(5)13-14-12/h1-3H,(H,15,16). The maximum atomic E-state index is 12.4. The molecule has 1 aromatic rings. The van der Waals surface area contributed by atoms with Crippen LogP contribution in [0.3, 0.4) is 0 Å². The summed E-state index contributed by atoms with van der Waals surface area (Å²) in [5.41, 5.74) is 5.61. The molecular formula is C8H4F3N3O2. The zero-order chi connectivity index (χ0) is 12.3. The third kappa shape index (κ3) is 2.43. The van der Waals surface area contributed by atoms with Gasteiger partial charge in [0.05, 0.1) is 11.1 Å². The average Bonchev–Trinajstić information content (AvgIpc) is 2.16. The summed E-state index contributed by atoms with van der Waals surface area (Å²) in [5.74, 6) is -1.49. The molecule has 5 nitrogen and oxygen atoms in total. The van der Waals surface area contributed by atoms with Gasteiger partial charge >= 0.3 is 12.1 Å². The molecule has 0 aromatic heterocycles. The molecule has 0 aliphatic rings. The van der Waals surface area contributed by atoms with Crippen molar-refractivity contribution in [1.29, 1.82) is 0 Å². The summed E-state index contributed by atoms with van der Waals surface area (Å²) in [7, 11) is 0. The molecule has 0 spiro atoms. The van der Waals surface area contributed by atoms with Crippen molar-refractivity contribution in [2.75, 3.05) is 0 Å². The van der Waals surface area contributed by atoms with E-state index in [1.807, 2.05) is 0 Å². The van der Waals surface area contributed by atoms with E-state index < -0.39 is 29.0 Å². The van der Waals surface area contributed by atoms with Crippen LogP contribution in [0.2, 0.25) is 0 Å². The van der Waals surface area contributed by atoms with Crippen LogP contribution in [0.4, 0.5) is 18.9 Å². The molecule has 0 atom stereocenters. The minimum absolute atomic E-state index is 0.423. The van der Waals surface area contributed by atoms with Gasteiger partial charge in [0, 0.05) is 10.6 Å². The molecule has 8 heteroatoms. The number of aromatic carboxylic acids is 1. The molecular weight excluding hydrogens is 227 g/mol. The first-order valence-electron chi connectivity index (χ1n) is 3.86. The highest BCUT2D eigenvalue weighted by atomic mass is 19.4. The van der Waals surface area contributed by atoms with Crippen LogP contribution < -0.4 is 0 Å². The lowest BCUT2D eigenvalue weighted by atomic mass is 10.1. The molecule has 84 valence electrons. The second kappa shape index (κ2) is 4.11. The molecule has 16 heavy (non-hydrogen) atoms. The van der Waals surface area contributed by atoms with Gasteiger partial charge in [-0.25, -0.2) is 4.79 Å². The van der Waals surface area contributed by atoms with Crippen LogP contribution in [0.25, 0.3) is 10.4 Å². The van der Waals surface area contributed by atoms with Crippen LogP contribution in [0.1, 0.15) is 15.9 Å². The van der Waals surface area contributed by atoms with Crippen LogP contribution in [0, 0.1) is 0 Å². The monoisotopic (exact) mass is 231 g/mol. The summed E-state index contributed by atoms with van der Waals surface area (Å²) in [5, 5.41) is 11.4. The Hall–Kier alpha value is -2.21. The first kappa shape index (κ1) is 11.9. The minimum atomic E-state index is -4.77. The first-order valence-corrected chi connectivity index (χ1v) is 3.86. The Labute approximate surface area is 86.7 Å². The fraction of sp³-hybridized carbons (Fsp3) is 0.125. The molecule has 0 aliphatic carbocycles. The molecule has 0 heterocycles. The lowest BCUT2D eigenvalue weighted by molar-refractivity contribution is -0.137. The van der Waals surface area contributed by atoms with E-state index in [9.17, 15) is 18.0 Å². The highest BCUT2D eigenvalue weighted by molar-refractivity contribution is 5.88. The number of halogens is 3. The Morgan fingerprint density at radius 3 is 2.50 bits per heavy atom. The zero-order valence-electron chi connectivity index (χ0n) is 7.56. The van der Waals surface area contributed by atoms with Crippen LogP contribution in [-0.2, 0) is 6.18 Å². The Morgan fingerprint density at radius 1 is 1.44 bits per heavy atom. The number of carboxylic acid groups (broad SMARTS) is 1. The van der Waals surface area contributed by atoms with E-state index in [0.717, 1.165) is 12.1 Å². The van der Waals surface area contributed by atoms with E-state index >= 15 is 0 Å². The predicted molar refractivity (Wildman–Crippen MR) is 47.2 cm³/mol. The molecule has 0 bridgehead atoms. The third-order valence-electron chi connectivity index (χ3n) is 1.70. The van der Waals surface area contributed by atoms with Gasteiger partial charge in [-0.05, 0) is 17.7 Å². The number of alkyl halides is 3. The molecule has 0 fully saturated rings. The van der Waals surface area contributed by atoms with Crippen molar-refractivity contribution in [1.82, 2.24) is 0 Å². The van der Waals surface area contributed by atoms with Gasteiger partial charge in [-0.15, -0.1) is 0 Å². The second-order valence-electron chi connectivity index (χ2n) is 2.72. The third-order valence-corrected chi connectivity index (χ3v) is 1.70. The van der Waals surface area contributed by atoms with Crippen LogP contribution in [0.15, 0.2) is 23.3 Å². The summed E-state index contributed by atoms with van der Waals surface area (Å²) in [4.78, 5) is 12.7. The number of hydrogen-bond acceptors (Lipinski definition) is 2. The lowest BCUT2D eigenvalue weighted by Gasteiger charge is -2.09. The maximum absolute atomic E-state index is 12.4. The second-order valence-corrected chi connectivity index (χ2v) is 2.72. The number of carbonyl (C=O) groups is 1. The Balaban J connectivity index is 3.44. The quantitative estimate of drug-likeness (QED) is 0.480. The Kier molecular flexibility index (Phi) is 3.05. The fourth-order valence-corrected chi connectivity index (χ4v) is 1.03. The van der Waals surface area contributed by atoms with Crippen molar-refractivity contribution in [3.63, 3.8) is 0 Å². The van der Waals surface area contributed by atoms with Gasteiger partial charge in [0.15, 0.2) is 0 Å². The number of nitrogens with zero attached hydrogens (tertiary/aromatic N) is 3. The maximum Gasteiger partial charge on any atom is 0.416 e. The topological polar surface area (TPSA) is 86.1 Å². The van der Waals surface area contributed by atoms with E-state index in [2.05, 4.69) is 10.0 Å². The van der Waals surface area contributed by atoms with Gasteiger partial charge in [-0.2, -0.15) is 13.2 Å². The molecule has 1 rings (SSSR count). The molecule has 1 aromatic carbocycles. The number of benzene rings is 1. The van der Waals surface area contributed by atoms with E-state index in [4.69, 9.17) is 10.6 Å². The van der Waals surface area contributed by atoms with Gasteiger partial charge in [0.1, 0.15) is 0 Å². The minimum Gasteiger partial charge on any atom is -0.478 e. The predicted octanol–water partition coefficient (Wildman–Crippen LogP) is 3.35. The number of azide groups is 1. The summed E-state index contributed by atoms with van der Waals surface area (Å²) < 4.78 is 37.3. The number of carboxylic acids is 1. The van der Waals surface area contributed by atoms with E-state index in [1.54, 1.807) is 0 Å². The van der Waals surface area contributed by atoms with Crippen molar-refractivity contribution in [2.24, 2.45) is 5.11 Å². The van der Waals surface area contributed by atoms with Gasteiger partial charge in [-0.1, -0.05) is 11.2 Å². The molecule has 0 aliphatic heterocycles. The van der Waals surface area contributed by atoms with Crippen molar-refractivity contribution in [2.45, 2.75) is 6.18 Å². The number of hydrogen-bond donors (Lipinski definition) is 1. The van der Waals surface area contributed by atoms with Crippen molar-refractivity contribution >= 4 is 11.7 Å². The molecule has 0 amide bonds. The van der Waals surface area contributed by atoms with Gasteiger partial charge in [-0.3, -0.25) is 0 Å². The van der Waals surface area contributed by atoms with E-state index in [1.165, 1.54) is 0 Å². The summed E-state index contributed by atoms with van der Waals surface area (Å²) in [6, 6.07) is 2.17. The van der Waals surface area contributed by atoms with E-state index in [-0.39, 0.29) is 0 Å². The van der Waals surface area contributed by atoms with Gasteiger partial charge in [0.2, 0.25) is 0 Å². The highest BCUT2D eigenvalue weighted by Gasteiger charge is 2.33. The number of rotatable bonds is 2. The van der Waals surface area contributed by atoms with Gasteiger partial charge < -0.3 is 5.11 Å². The summed E-state index contributed by atoms with van der Waals surface area (Å²) in [6.45, 7) is 0. The Morgan fingerprint density at radius 2 is 2.06 bits per heavy atom. The van der Waals surface area contributed by atoms with Gasteiger partial charge in [0.25, 0.3) is 0 Å². The molecule has 0 unspecified atom stereocenters. The highest BCUT2D eigenvalue weighted by Crippen LogP contribution is 2.36. The summed E-state index contributed by atoms with van der Waals surface area (Å²) in [6.07, 6.45) is -4.77. The summed E-state index contributed by atoms with van der Waals surface area (Å²) >= 11 is 0. The Bertz CT molecular complexity index is 478. The fourth-order valence-electron chi connectivity index (χ4n) is 1.03. The zero-order valence-corrected chi connectivity index (χ0v) is 7.56. The average molecular weight is 231 g/mol. The van der Waals surface area contributed by atoms with Crippen molar-refractivity contribution in [3.8, 4) is 0 Å². The first-order chi connectivity index (χ1) is 7.36. The SMILES string of the molecule is [N-]=[N+]=Nc1ccc(C(=O)O)cc1C(F)(F)F. The molecule has 1 N–H and O–H groups in total. The van der Waals surface area contributed by atoms with Crippen LogP contribution in [0.5, 0.6) is 0 Å². The smallest absolute Gasteiger partial charge is 0.416 e.